The highest BCUT2D eigenvalue weighted by atomic mass is 79.9. The highest BCUT2D eigenvalue weighted by molar-refractivity contribution is 9.10. The first-order valence-electron chi connectivity index (χ1n) is 6.89. The fourth-order valence-corrected chi connectivity index (χ4v) is 3.28. The normalized spacial score (nSPS) is 15.4. The maximum absolute atomic E-state index is 6.27. The van der Waals surface area contributed by atoms with Crippen molar-refractivity contribution >= 4 is 39.0 Å². The number of benzene rings is 1. The van der Waals surface area contributed by atoms with Gasteiger partial charge in [0.1, 0.15) is 16.2 Å². The van der Waals surface area contributed by atoms with Gasteiger partial charge in [-0.15, -0.1) is 0 Å². The summed E-state index contributed by atoms with van der Waals surface area (Å²) in [6.07, 6.45) is 0. The molecule has 2 heterocycles. The number of halogens is 2. The summed E-state index contributed by atoms with van der Waals surface area (Å²) >= 11 is 9.70. The lowest BCUT2D eigenvalue weighted by Gasteiger charge is -2.37. The van der Waals surface area contributed by atoms with E-state index in [1.165, 1.54) is 0 Å². The summed E-state index contributed by atoms with van der Waals surface area (Å²) in [5.41, 5.74) is 1.11. The topological polar surface area (TPSA) is 32.3 Å². The van der Waals surface area contributed by atoms with E-state index in [-0.39, 0.29) is 0 Å². The third-order valence-electron chi connectivity index (χ3n) is 3.59. The van der Waals surface area contributed by atoms with Crippen LogP contribution in [0.4, 0.5) is 11.5 Å². The minimum absolute atomic E-state index is 0.785. The van der Waals surface area contributed by atoms with Crippen LogP contribution in [0.3, 0.4) is 0 Å². The Morgan fingerprint density at radius 1 is 1.05 bits per heavy atom. The van der Waals surface area contributed by atoms with E-state index in [2.05, 4.69) is 41.8 Å². The number of para-hydroxylation sites is 1. The summed E-state index contributed by atoms with van der Waals surface area (Å²) in [6, 6.07) is 9.97. The molecule has 0 radical (unpaired) electrons. The molecule has 0 unspecified atom stereocenters. The molecule has 6 heteroatoms. The quantitative estimate of drug-likeness (QED) is 0.760. The van der Waals surface area contributed by atoms with Gasteiger partial charge in [0.25, 0.3) is 0 Å². The molecule has 2 aromatic rings. The van der Waals surface area contributed by atoms with Crippen molar-refractivity contribution in [2.45, 2.75) is 6.92 Å². The van der Waals surface area contributed by atoms with Gasteiger partial charge in [0.2, 0.25) is 0 Å². The van der Waals surface area contributed by atoms with Gasteiger partial charge in [-0.05, 0) is 35.0 Å². The molecule has 0 N–H and O–H groups in total. The van der Waals surface area contributed by atoms with Crippen molar-refractivity contribution in [3.8, 4) is 0 Å². The van der Waals surface area contributed by atoms with Gasteiger partial charge in [0.15, 0.2) is 0 Å². The van der Waals surface area contributed by atoms with E-state index in [1.807, 2.05) is 31.2 Å². The van der Waals surface area contributed by atoms with Crippen LogP contribution in [0.2, 0.25) is 5.02 Å². The summed E-state index contributed by atoms with van der Waals surface area (Å²) in [5, 5.41) is 0.812. The SMILES string of the molecule is Cc1nc(Br)cc(N2CCN(c3ccccc3Cl)CC2)n1. The summed E-state index contributed by atoms with van der Waals surface area (Å²) in [6.45, 7) is 5.63. The Morgan fingerprint density at radius 2 is 1.71 bits per heavy atom. The first kappa shape index (κ1) is 14.6. The van der Waals surface area contributed by atoms with Crippen molar-refractivity contribution in [1.82, 2.24) is 9.97 Å². The lowest BCUT2D eigenvalue weighted by Crippen LogP contribution is -2.47. The van der Waals surface area contributed by atoms with Crippen LogP contribution in [-0.2, 0) is 0 Å². The summed E-state index contributed by atoms with van der Waals surface area (Å²) in [4.78, 5) is 13.4. The average Bonchev–Trinajstić information content (AvgIpc) is 2.47. The molecule has 1 aromatic heterocycles. The van der Waals surface area contributed by atoms with E-state index in [4.69, 9.17) is 11.6 Å². The number of anilines is 2. The second-order valence-electron chi connectivity index (χ2n) is 5.02. The molecule has 0 amide bonds. The maximum Gasteiger partial charge on any atom is 0.133 e. The molecule has 0 atom stereocenters. The summed E-state index contributed by atoms with van der Waals surface area (Å²) < 4.78 is 0.832. The third kappa shape index (κ3) is 3.30. The van der Waals surface area contributed by atoms with Crippen LogP contribution in [0.5, 0.6) is 0 Å². The van der Waals surface area contributed by atoms with E-state index in [9.17, 15) is 0 Å². The zero-order valence-corrected chi connectivity index (χ0v) is 14.1. The Balaban J connectivity index is 1.72. The fraction of sp³-hybridized carbons (Fsp3) is 0.333. The van der Waals surface area contributed by atoms with Gasteiger partial charge in [0, 0.05) is 32.2 Å². The summed E-state index contributed by atoms with van der Waals surface area (Å²) in [5.74, 6) is 1.76. The monoisotopic (exact) mass is 366 g/mol. The fourth-order valence-electron chi connectivity index (χ4n) is 2.56. The zero-order chi connectivity index (χ0) is 14.8. The minimum atomic E-state index is 0.785. The molecule has 0 aliphatic carbocycles. The number of rotatable bonds is 2. The van der Waals surface area contributed by atoms with Gasteiger partial charge in [-0.25, -0.2) is 9.97 Å². The molecular weight excluding hydrogens is 352 g/mol. The van der Waals surface area contributed by atoms with E-state index in [0.717, 1.165) is 53.1 Å². The minimum Gasteiger partial charge on any atom is -0.367 e. The molecular formula is C15H16BrClN4. The largest absolute Gasteiger partial charge is 0.367 e. The van der Waals surface area contributed by atoms with E-state index >= 15 is 0 Å². The molecule has 1 saturated heterocycles. The van der Waals surface area contributed by atoms with Gasteiger partial charge in [-0.3, -0.25) is 0 Å². The molecule has 1 aliphatic heterocycles. The maximum atomic E-state index is 6.27. The molecule has 1 aliphatic rings. The number of nitrogens with zero attached hydrogens (tertiary/aromatic N) is 4. The van der Waals surface area contributed by atoms with Gasteiger partial charge in [0.05, 0.1) is 10.7 Å². The van der Waals surface area contributed by atoms with E-state index < -0.39 is 0 Å². The Kier molecular flexibility index (Phi) is 4.31. The molecule has 110 valence electrons. The number of aromatic nitrogens is 2. The molecule has 1 fully saturated rings. The standard InChI is InChI=1S/C15H16BrClN4/c1-11-18-14(16)10-15(19-11)21-8-6-20(7-9-21)13-5-3-2-4-12(13)17/h2-5,10H,6-9H2,1H3. The highest BCUT2D eigenvalue weighted by Crippen LogP contribution is 2.27. The molecule has 3 rings (SSSR count). The third-order valence-corrected chi connectivity index (χ3v) is 4.32. The van der Waals surface area contributed by atoms with Crippen molar-refractivity contribution in [2.24, 2.45) is 0 Å². The van der Waals surface area contributed by atoms with Crippen LogP contribution in [0.15, 0.2) is 34.9 Å². The predicted molar refractivity (Wildman–Crippen MR) is 90.3 cm³/mol. The molecule has 0 spiro atoms. The van der Waals surface area contributed by atoms with Crippen molar-refractivity contribution in [1.29, 1.82) is 0 Å². The van der Waals surface area contributed by atoms with Crippen LogP contribution in [0.1, 0.15) is 5.82 Å². The van der Waals surface area contributed by atoms with E-state index in [1.54, 1.807) is 0 Å². The number of hydrogen-bond donors (Lipinski definition) is 0. The number of hydrogen-bond acceptors (Lipinski definition) is 4. The van der Waals surface area contributed by atoms with Gasteiger partial charge in [-0.2, -0.15) is 0 Å². The molecule has 0 bridgehead atoms. The van der Waals surface area contributed by atoms with Crippen LogP contribution in [0, 0.1) is 6.92 Å². The summed E-state index contributed by atoms with van der Waals surface area (Å²) in [7, 11) is 0. The molecule has 21 heavy (non-hydrogen) atoms. The Labute approximate surface area is 137 Å². The highest BCUT2D eigenvalue weighted by Gasteiger charge is 2.20. The number of piperazine rings is 1. The van der Waals surface area contributed by atoms with Gasteiger partial charge < -0.3 is 9.80 Å². The van der Waals surface area contributed by atoms with Crippen molar-refractivity contribution < 1.29 is 0 Å². The lowest BCUT2D eigenvalue weighted by atomic mass is 10.2. The molecule has 1 aromatic carbocycles. The van der Waals surface area contributed by atoms with Crippen LogP contribution < -0.4 is 9.80 Å². The van der Waals surface area contributed by atoms with Crippen molar-refractivity contribution in [3.63, 3.8) is 0 Å². The van der Waals surface area contributed by atoms with Gasteiger partial charge >= 0.3 is 0 Å². The first-order chi connectivity index (χ1) is 10.1. The Hall–Kier alpha value is -1.33. The second kappa shape index (κ2) is 6.20. The smallest absolute Gasteiger partial charge is 0.133 e. The number of aryl methyl sites for hydroxylation is 1. The molecule has 0 saturated carbocycles. The van der Waals surface area contributed by atoms with Crippen LogP contribution in [0.25, 0.3) is 0 Å². The van der Waals surface area contributed by atoms with Crippen molar-refractivity contribution in [3.05, 3.63) is 45.8 Å². The van der Waals surface area contributed by atoms with Crippen LogP contribution >= 0.6 is 27.5 Å². The Bertz CT molecular complexity index is 621. The predicted octanol–water partition coefficient (Wildman–Crippen LogP) is 3.53. The first-order valence-corrected chi connectivity index (χ1v) is 8.06. The average molecular weight is 368 g/mol. The van der Waals surface area contributed by atoms with Crippen molar-refractivity contribution in [2.75, 3.05) is 36.0 Å². The Morgan fingerprint density at radius 3 is 2.38 bits per heavy atom. The van der Waals surface area contributed by atoms with Gasteiger partial charge in [-0.1, -0.05) is 23.7 Å². The second-order valence-corrected chi connectivity index (χ2v) is 6.24. The van der Waals surface area contributed by atoms with E-state index in [0.29, 0.717) is 0 Å². The molecule has 4 nitrogen and oxygen atoms in total. The zero-order valence-electron chi connectivity index (χ0n) is 11.8. The van der Waals surface area contributed by atoms with Crippen LogP contribution in [-0.4, -0.2) is 36.1 Å². The lowest BCUT2D eigenvalue weighted by molar-refractivity contribution is 0.645.